The molecular weight excluding hydrogens is 352 g/mol. The van der Waals surface area contributed by atoms with Crippen LogP contribution in [0.3, 0.4) is 0 Å². The second kappa shape index (κ2) is 8.50. The van der Waals surface area contributed by atoms with Crippen molar-refractivity contribution in [1.82, 2.24) is 10.1 Å². The average molecular weight is 377 g/mol. The maximum absolute atomic E-state index is 13.7. The Morgan fingerprint density at radius 3 is 2.74 bits per heavy atom. The molecule has 146 valence electrons. The van der Waals surface area contributed by atoms with E-state index in [-0.39, 0.29) is 6.03 Å². The molecule has 0 radical (unpaired) electrons. The predicted molar refractivity (Wildman–Crippen MR) is 98.6 cm³/mol. The van der Waals surface area contributed by atoms with E-state index in [0.717, 1.165) is 25.3 Å². The van der Waals surface area contributed by atoms with Crippen molar-refractivity contribution in [2.75, 3.05) is 18.4 Å². The van der Waals surface area contributed by atoms with Gasteiger partial charge in [-0.1, -0.05) is 18.1 Å². The standard InChI is InChI=1S/C20H25F2N3O2/c1-3-18-19(13(2)24-27-18)23-20(26)25-10-8-14(9-11-25)4-5-15-6-7-16(21)12-17(15)22/h6-7,12,14H,3-5,8-11H2,1-2H3,(H,23,26). The molecule has 0 aliphatic carbocycles. The van der Waals surface area contributed by atoms with Gasteiger partial charge in [-0.2, -0.15) is 0 Å². The lowest BCUT2D eigenvalue weighted by Crippen LogP contribution is -2.41. The summed E-state index contributed by atoms with van der Waals surface area (Å²) >= 11 is 0. The number of nitrogens with one attached hydrogen (secondary N) is 1. The van der Waals surface area contributed by atoms with Crippen LogP contribution in [-0.4, -0.2) is 29.2 Å². The van der Waals surface area contributed by atoms with Gasteiger partial charge in [-0.15, -0.1) is 0 Å². The highest BCUT2D eigenvalue weighted by atomic mass is 19.1. The smallest absolute Gasteiger partial charge is 0.321 e. The molecule has 7 heteroatoms. The zero-order valence-corrected chi connectivity index (χ0v) is 15.7. The van der Waals surface area contributed by atoms with Crippen molar-refractivity contribution < 1.29 is 18.1 Å². The molecule has 1 aliphatic rings. The van der Waals surface area contributed by atoms with Gasteiger partial charge in [0.05, 0.1) is 0 Å². The summed E-state index contributed by atoms with van der Waals surface area (Å²) in [6.45, 7) is 5.08. The van der Waals surface area contributed by atoms with Crippen LogP contribution in [0.4, 0.5) is 19.3 Å². The predicted octanol–water partition coefficient (Wildman–Crippen LogP) is 4.70. The third-order valence-electron chi connectivity index (χ3n) is 5.23. The van der Waals surface area contributed by atoms with Gasteiger partial charge in [-0.3, -0.25) is 0 Å². The monoisotopic (exact) mass is 377 g/mol. The fraction of sp³-hybridized carbons (Fsp3) is 0.500. The van der Waals surface area contributed by atoms with Crippen LogP contribution in [0.5, 0.6) is 0 Å². The number of piperidine rings is 1. The molecule has 1 aromatic carbocycles. The number of amides is 2. The van der Waals surface area contributed by atoms with Crippen molar-refractivity contribution in [3.63, 3.8) is 0 Å². The normalized spacial score (nSPS) is 15.2. The number of carbonyl (C=O) groups is 1. The first-order valence-electron chi connectivity index (χ1n) is 9.43. The number of hydrogen-bond acceptors (Lipinski definition) is 3. The van der Waals surface area contributed by atoms with Crippen LogP contribution in [0.1, 0.15) is 43.2 Å². The summed E-state index contributed by atoms with van der Waals surface area (Å²) in [5, 5.41) is 6.81. The molecular formula is C20H25F2N3O2. The largest absolute Gasteiger partial charge is 0.359 e. The lowest BCUT2D eigenvalue weighted by molar-refractivity contribution is 0.180. The van der Waals surface area contributed by atoms with E-state index in [4.69, 9.17) is 4.52 Å². The van der Waals surface area contributed by atoms with Crippen molar-refractivity contribution in [1.29, 1.82) is 0 Å². The van der Waals surface area contributed by atoms with Crippen LogP contribution in [0.15, 0.2) is 22.7 Å². The molecule has 0 bridgehead atoms. The summed E-state index contributed by atoms with van der Waals surface area (Å²) in [7, 11) is 0. The van der Waals surface area contributed by atoms with Gasteiger partial charge in [0.1, 0.15) is 23.0 Å². The van der Waals surface area contributed by atoms with E-state index in [1.807, 2.05) is 6.92 Å². The van der Waals surface area contributed by atoms with E-state index in [2.05, 4.69) is 10.5 Å². The number of carbonyl (C=O) groups excluding carboxylic acids is 1. The Kier molecular flexibility index (Phi) is 6.08. The number of rotatable bonds is 5. The zero-order valence-electron chi connectivity index (χ0n) is 15.7. The van der Waals surface area contributed by atoms with E-state index in [1.165, 1.54) is 12.1 Å². The molecule has 2 heterocycles. The Labute approximate surface area is 157 Å². The molecule has 5 nitrogen and oxygen atoms in total. The van der Waals surface area contributed by atoms with Gasteiger partial charge in [0.15, 0.2) is 5.76 Å². The van der Waals surface area contributed by atoms with Crippen molar-refractivity contribution in [2.45, 2.75) is 46.0 Å². The van der Waals surface area contributed by atoms with Crippen LogP contribution >= 0.6 is 0 Å². The highest BCUT2D eigenvalue weighted by Crippen LogP contribution is 2.25. The molecule has 1 fully saturated rings. The van der Waals surface area contributed by atoms with Crippen LogP contribution < -0.4 is 5.32 Å². The Hall–Kier alpha value is -2.44. The maximum atomic E-state index is 13.7. The SMILES string of the molecule is CCc1onc(C)c1NC(=O)N1CCC(CCc2ccc(F)cc2F)CC1. The molecule has 1 aliphatic heterocycles. The van der Waals surface area contributed by atoms with Crippen molar-refractivity contribution in [3.8, 4) is 0 Å². The molecule has 0 spiro atoms. The third-order valence-corrected chi connectivity index (χ3v) is 5.23. The highest BCUT2D eigenvalue weighted by Gasteiger charge is 2.24. The topological polar surface area (TPSA) is 58.4 Å². The van der Waals surface area contributed by atoms with Gasteiger partial charge in [0.2, 0.25) is 0 Å². The summed E-state index contributed by atoms with van der Waals surface area (Å²) in [5.74, 6) is 0.0755. The summed E-state index contributed by atoms with van der Waals surface area (Å²) in [5.41, 5.74) is 1.89. The van der Waals surface area contributed by atoms with Crippen molar-refractivity contribution >= 4 is 11.7 Å². The van der Waals surface area contributed by atoms with Crippen molar-refractivity contribution in [3.05, 3.63) is 46.9 Å². The number of benzene rings is 1. The number of anilines is 1. The number of likely N-dealkylation sites (tertiary alicyclic amines) is 1. The van der Waals surface area contributed by atoms with Crippen LogP contribution in [0, 0.1) is 24.5 Å². The molecule has 2 amide bonds. The van der Waals surface area contributed by atoms with Crippen molar-refractivity contribution in [2.24, 2.45) is 5.92 Å². The molecule has 0 atom stereocenters. The number of aromatic nitrogens is 1. The first-order valence-corrected chi connectivity index (χ1v) is 9.43. The fourth-order valence-corrected chi connectivity index (χ4v) is 3.51. The van der Waals surface area contributed by atoms with Gasteiger partial charge < -0.3 is 14.7 Å². The number of halogens is 2. The Balaban J connectivity index is 1.48. The molecule has 1 saturated heterocycles. The minimum Gasteiger partial charge on any atom is -0.359 e. The molecule has 0 unspecified atom stereocenters. The summed E-state index contributed by atoms with van der Waals surface area (Å²) in [6.07, 6.45) is 3.84. The van der Waals surface area contributed by atoms with Gasteiger partial charge >= 0.3 is 6.03 Å². The van der Waals surface area contributed by atoms with Crippen LogP contribution in [0.2, 0.25) is 0 Å². The Morgan fingerprint density at radius 2 is 2.07 bits per heavy atom. The Morgan fingerprint density at radius 1 is 1.33 bits per heavy atom. The Bertz CT molecular complexity index is 799. The van der Waals surface area contributed by atoms with E-state index in [1.54, 1.807) is 11.8 Å². The molecule has 3 rings (SSSR count). The van der Waals surface area contributed by atoms with Gasteiger partial charge in [0, 0.05) is 25.6 Å². The quantitative estimate of drug-likeness (QED) is 0.822. The molecule has 1 aromatic heterocycles. The molecule has 27 heavy (non-hydrogen) atoms. The zero-order chi connectivity index (χ0) is 19.4. The number of nitrogens with zero attached hydrogens (tertiary/aromatic N) is 2. The van der Waals surface area contributed by atoms with Crippen LogP contribution in [-0.2, 0) is 12.8 Å². The lowest BCUT2D eigenvalue weighted by atomic mass is 9.90. The summed E-state index contributed by atoms with van der Waals surface area (Å²) in [6, 6.07) is 3.60. The second-order valence-electron chi connectivity index (χ2n) is 7.05. The van der Waals surface area contributed by atoms with E-state index < -0.39 is 11.6 Å². The number of urea groups is 1. The molecule has 1 N–H and O–H groups in total. The average Bonchev–Trinajstić information content (AvgIpc) is 3.01. The minimum atomic E-state index is -0.551. The number of aryl methyl sites for hydroxylation is 3. The summed E-state index contributed by atoms with van der Waals surface area (Å²) < 4.78 is 31.9. The van der Waals surface area contributed by atoms with Gasteiger partial charge in [-0.05, 0) is 50.2 Å². The first-order chi connectivity index (χ1) is 13.0. The molecule has 2 aromatic rings. The molecule has 0 saturated carbocycles. The number of hydrogen-bond donors (Lipinski definition) is 1. The van der Waals surface area contributed by atoms with E-state index in [9.17, 15) is 13.6 Å². The third kappa shape index (κ3) is 4.64. The second-order valence-corrected chi connectivity index (χ2v) is 7.05. The summed E-state index contributed by atoms with van der Waals surface area (Å²) in [4.78, 5) is 14.3. The van der Waals surface area contributed by atoms with E-state index >= 15 is 0 Å². The van der Waals surface area contributed by atoms with Crippen LogP contribution in [0.25, 0.3) is 0 Å². The highest BCUT2D eigenvalue weighted by molar-refractivity contribution is 5.90. The fourth-order valence-electron chi connectivity index (χ4n) is 3.51. The van der Waals surface area contributed by atoms with Gasteiger partial charge in [-0.25, -0.2) is 13.6 Å². The first kappa shape index (κ1) is 19.3. The van der Waals surface area contributed by atoms with E-state index in [0.29, 0.717) is 54.6 Å². The minimum absolute atomic E-state index is 0.140. The lowest BCUT2D eigenvalue weighted by Gasteiger charge is -2.32. The van der Waals surface area contributed by atoms with Gasteiger partial charge in [0.25, 0.3) is 0 Å². The maximum Gasteiger partial charge on any atom is 0.321 e.